The van der Waals surface area contributed by atoms with Crippen molar-refractivity contribution >= 4 is 16.8 Å². The molecule has 0 amide bonds. The van der Waals surface area contributed by atoms with E-state index in [1.807, 2.05) is 50.2 Å². The molecule has 2 aromatic heterocycles. The third-order valence-electron chi connectivity index (χ3n) is 2.96. The van der Waals surface area contributed by atoms with E-state index in [2.05, 4.69) is 10.1 Å². The van der Waals surface area contributed by atoms with Gasteiger partial charge in [-0.1, -0.05) is 18.2 Å². The smallest absolute Gasteiger partial charge is 0.294 e. The molecule has 3 aromatic rings. The molecule has 0 aliphatic rings. The van der Waals surface area contributed by atoms with Crippen molar-refractivity contribution in [2.24, 2.45) is 0 Å². The highest BCUT2D eigenvalue weighted by Crippen LogP contribution is 2.16. The minimum absolute atomic E-state index is 0.128. The van der Waals surface area contributed by atoms with Crippen LogP contribution in [0.2, 0.25) is 0 Å². The molecular formula is C14H13N3O. The topological polar surface area (TPSA) is 50.7 Å². The number of aromatic nitrogens is 3. The number of para-hydroxylation sites is 1. The van der Waals surface area contributed by atoms with Gasteiger partial charge in [0.25, 0.3) is 5.91 Å². The van der Waals surface area contributed by atoms with Gasteiger partial charge in [0.2, 0.25) is 0 Å². The summed E-state index contributed by atoms with van der Waals surface area (Å²) in [5.74, 6) is -0.128. The minimum Gasteiger partial charge on any atom is -0.350 e. The van der Waals surface area contributed by atoms with E-state index in [9.17, 15) is 4.79 Å². The molecule has 4 heteroatoms. The SMILES string of the molecule is Cc1cc(C)n(C(=O)c2cc3ccccc3[nH]2)n1. The summed E-state index contributed by atoms with van der Waals surface area (Å²) in [6.07, 6.45) is 0. The second-order valence-corrected chi connectivity index (χ2v) is 4.41. The van der Waals surface area contributed by atoms with E-state index in [-0.39, 0.29) is 5.91 Å². The van der Waals surface area contributed by atoms with Gasteiger partial charge in [0, 0.05) is 16.6 Å². The third-order valence-corrected chi connectivity index (χ3v) is 2.96. The van der Waals surface area contributed by atoms with Crippen LogP contribution in [-0.4, -0.2) is 20.7 Å². The van der Waals surface area contributed by atoms with Gasteiger partial charge in [0.15, 0.2) is 0 Å². The van der Waals surface area contributed by atoms with Crippen molar-refractivity contribution in [1.82, 2.24) is 14.8 Å². The van der Waals surface area contributed by atoms with Gasteiger partial charge in [-0.3, -0.25) is 4.79 Å². The van der Waals surface area contributed by atoms with Crippen LogP contribution in [0, 0.1) is 13.8 Å². The molecule has 4 nitrogen and oxygen atoms in total. The molecule has 0 bridgehead atoms. The first-order valence-corrected chi connectivity index (χ1v) is 5.81. The van der Waals surface area contributed by atoms with Crippen LogP contribution in [0.3, 0.4) is 0 Å². The van der Waals surface area contributed by atoms with Crippen LogP contribution in [-0.2, 0) is 0 Å². The average Bonchev–Trinajstić information content (AvgIpc) is 2.91. The molecule has 0 spiro atoms. The Morgan fingerprint density at radius 3 is 2.67 bits per heavy atom. The lowest BCUT2D eigenvalue weighted by Crippen LogP contribution is -2.15. The Balaban J connectivity index is 2.09. The molecule has 0 aliphatic heterocycles. The molecule has 0 atom stereocenters. The first-order valence-electron chi connectivity index (χ1n) is 5.81. The van der Waals surface area contributed by atoms with E-state index in [1.54, 1.807) is 0 Å². The van der Waals surface area contributed by atoms with Gasteiger partial charge in [0.05, 0.1) is 5.69 Å². The predicted molar refractivity (Wildman–Crippen MR) is 69.7 cm³/mol. The zero-order valence-corrected chi connectivity index (χ0v) is 10.3. The van der Waals surface area contributed by atoms with Crippen molar-refractivity contribution in [1.29, 1.82) is 0 Å². The Kier molecular flexibility index (Phi) is 2.30. The summed E-state index contributed by atoms with van der Waals surface area (Å²) in [6, 6.07) is 11.6. The Bertz CT molecular complexity index is 703. The number of hydrogen-bond acceptors (Lipinski definition) is 2. The first kappa shape index (κ1) is 10.8. The normalized spacial score (nSPS) is 11.0. The molecule has 0 unspecified atom stereocenters. The summed E-state index contributed by atoms with van der Waals surface area (Å²) in [5, 5.41) is 5.23. The number of carbonyl (C=O) groups is 1. The summed E-state index contributed by atoms with van der Waals surface area (Å²) < 4.78 is 1.43. The first-order chi connectivity index (χ1) is 8.65. The van der Waals surface area contributed by atoms with Gasteiger partial charge in [-0.2, -0.15) is 9.78 Å². The van der Waals surface area contributed by atoms with E-state index in [4.69, 9.17) is 0 Å². The number of aryl methyl sites for hydroxylation is 2. The van der Waals surface area contributed by atoms with Crippen LogP contribution in [0.5, 0.6) is 0 Å². The minimum atomic E-state index is -0.128. The maximum absolute atomic E-state index is 12.3. The zero-order valence-electron chi connectivity index (χ0n) is 10.3. The van der Waals surface area contributed by atoms with Crippen LogP contribution in [0.25, 0.3) is 10.9 Å². The van der Waals surface area contributed by atoms with Crippen molar-refractivity contribution in [3.05, 3.63) is 53.5 Å². The number of nitrogens with zero attached hydrogens (tertiary/aromatic N) is 2. The van der Waals surface area contributed by atoms with E-state index in [0.717, 1.165) is 22.3 Å². The Morgan fingerprint density at radius 2 is 2.00 bits per heavy atom. The number of carbonyl (C=O) groups excluding carboxylic acids is 1. The summed E-state index contributed by atoms with van der Waals surface area (Å²) >= 11 is 0. The van der Waals surface area contributed by atoms with Crippen LogP contribution in [0.4, 0.5) is 0 Å². The van der Waals surface area contributed by atoms with Crippen LogP contribution in [0.15, 0.2) is 36.4 Å². The highest BCUT2D eigenvalue weighted by molar-refractivity contribution is 5.99. The molecule has 0 fully saturated rings. The number of nitrogens with one attached hydrogen (secondary N) is 1. The van der Waals surface area contributed by atoms with Gasteiger partial charge in [-0.05, 0) is 32.0 Å². The highest BCUT2D eigenvalue weighted by Gasteiger charge is 2.14. The third kappa shape index (κ3) is 1.62. The van der Waals surface area contributed by atoms with E-state index in [0.29, 0.717) is 5.69 Å². The van der Waals surface area contributed by atoms with E-state index in [1.165, 1.54) is 4.68 Å². The Labute approximate surface area is 104 Å². The summed E-state index contributed by atoms with van der Waals surface area (Å²) in [7, 11) is 0. The molecule has 0 aliphatic carbocycles. The van der Waals surface area contributed by atoms with Crippen molar-refractivity contribution in [3.63, 3.8) is 0 Å². The molecule has 90 valence electrons. The number of aromatic amines is 1. The largest absolute Gasteiger partial charge is 0.350 e. The molecule has 0 radical (unpaired) electrons. The van der Waals surface area contributed by atoms with Gasteiger partial charge >= 0.3 is 0 Å². The maximum Gasteiger partial charge on any atom is 0.294 e. The monoisotopic (exact) mass is 239 g/mol. The summed E-state index contributed by atoms with van der Waals surface area (Å²) in [5.41, 5.74) is 3.21. The summed E-state index contributed by atoms with van der Waals surface area (Å²) in [4.78, 5) is 15.4. The number of hydrogen-bond donors (Lipinski definition) is 1. The molecule has 2 heterocycles. The molecule has 0 saturated heterocycles. The quantitative estimate of drug-likeness (QED) is 0.709. The van der Waals surface area contributed by atoms with Crippen LogP contribution >= 0.6 is 0 Å². The second kappa shape index (κ2) is 3.84. The predicted octanol–water partition coefficient (Wildman–Crippen LogP) is 2.67. The number of fused-ring (bicyclic) bond motifs is 1. The zero-order chi connectivity index (χ0) is 12.7. The van der Waals surface area contributed by atoms with Crippen molar-refractivity contribution in [2.75, 3.05) is 0 Å². The van der Waals surface area contributed by atoms with Crippen LogP contribution in [0.1, 0.15) is 21.9 Å². The lowest BCUT2D eigenvalue weighted by Gasteiger charge is -1.99. The van der Waals surface area contributed by atoms with Crippen molar-refractivity contribution in [2.45, 2.75) is 13.8 Å². The molecule has 0 saturated carbocycles. The molecule has 3 rings (SSSR count). The summed E-state index contributed by atoms with van der Waals surface area (Å²) in [6.45, 7) is 3.75. The second-order valence-electron chi connectivity index (χ2n) is 4.41. The van der Waals surface area contributed by atoms with E-state index >= 15 is 0 Å². The molecule has 18 heavy (non-hydrogen) atoms. The van der Waals surface area contributed by atoms with Crippen LogP contribution < -0.4 is 0 Å². The van der Waals surface area contributed by atoms with Crippen molar-refractivity contribution < 1.29 is 4.79 Å². The lowest BCUT2D eigenvalue weighted by molar-refractivity contribution is 0.0938. The fourth-order valence-electron chi connectivity index (χ4n) is 2.14. The van der Waals surface area contributed by atoms with Gasteiger partial charge in [0.1, 0.15) is 5.69 Å². The molecule has 1 N–H and O–H groups in total. The lowest BCUT2D eigenvalue weighted by atomic mass is 10.2. The average molecular weight is 239 g/mol. The Morgan fingerprint density at radius 1 is 1.22 bits per heavy atom. The number of H-pyrrole nitrogens is 1. The van der Waals surface area contributed by atoms with Crippen molar-refractivity contribution in [3.8, 4) is 0 Å². The van der Waals surface area contributed by atoms with Gasteiger partial charge in [-0.15, -0.1) is 0 Å². The number of benzene rings is 1. The standard InChI is InChI=1S/C14H13N3O/c1-9-7-10(2)17(16-9)14(18)13-8-11-5-3-4-6-12(11)15-13/h3-8,15H,1-2H3. The number of rotatable bonds is 1. The Hall–Kier alpha value is -2.36. The van der Waals surface area contributed by atoms with Gasteiger partial charge < -0.3 is 4.98 Å². The fourth-order valence-corrected chi connectivity index (χ4v) is 2.14. The fraction of sp³-hybridized carbons (Fsp3) is 0.143. The van der Waals surface area contributed by atoms with Gasteiger partial charge in [-0.25, -0.2) is 0 Å². The van der Waals surface area contributed by atoms with E-state index < -0.39 is 0 Å². The molecule has 1 aromatic carbocycles. The molecular weight excluding hydrogens is 226 g/mol. The highest BCUT2D eigenvalue weighted by atomic mass is 16.2. The maximum atomic E-state index is 12.3.